The van der Waals surface area contributed by atoms with Crippen molar-refractivity contribution in [1.29, 1.82) is 0 Å². The molecule has 140 valence electrons. The van der Waals surface area contributed by atoms with Gasteiger partial charge in [0.1, 0.15) is 11.5 Å². The van der Waals surface area contributed by atoms with Crippen molar-refractivity contribution in [2.45, 2.75) is 64.5 Å². The zero-order valence-corrected chi connectivity index (χ0v) is 15.9. The van der Waals surface area contributed by atoms with Crippen molar-refractivity contribution in [3.63, 3.8) is 0 Å². The summed E-state index contributed by atoms with van der Waals surface area (Å²) in [6.07, 6.45) is 4.42. The Labute approximate surface area is 155 Å². The average molecular weight is 356 g/mol. The molecule has 0 spiro atoms. The lowest BCUT2D eigenvalue weighted by Crippen LogP contribution is -2.38. The summed E-state index contributed by atoms with van der Waals surface area (Å²) >= 11 is 0. The molecule has 1 aromatic heterocycles. The number of hydrogen-bond donors (Lipinski definition) is 1. The number of nitrogens with zero attached hydrogens (tertiary/aromatic N) is 2. The molecule has 1 N–H and O–H groups in total. The third-order valence-electron chi connectivity index (χ3n) is 4.95. The second kappa shape index (κ2) is 7.62. The summed E-state index contributed by atoms with van der Waals surface area (Å²) in [4.78, 5) is 15.1. The Balaban J connectivity index is 1.78. The summed E-state index contributed by atoms with van der Waals surface area (Å²) in [6.45, 7) is 6.22. The summed E-state index contributed by atoms with van der Waals surface area (Å²) in [5.41, 5.74) is 1.91. The first-order valence-corrected chi connectivity index (χ1v) is 9.39. The molecule has 1 unspecified atom stereocenters. The standard InChI is InChI=1S/C21H28N2O3/c1-15-13-18(22-26-15)19-9-4-5-12-23(19)20(24)17-8-6-7-16(14-17)10-11-21(2,3)25/h6-8,13-14,19,25H,4-5,9-12H2,1-3H3. The van der Waals surface area contributed by atoms with Gasteiger partial charge >= 0.3 is 0 Å². The predicted octanol–water partition coefficient (Wildman–Crippen LogP) is 4.05. The molecule has 0 bridgehead atoms. The molecule has 26 heavy (non-hydrogen) atoms. The maximum absolute atomic E-state index is 13.2. The van der Waals surface area contributed by atoms with Crippen LogP contribution in [-0.4, -0.2) is 33.2 Å². The molecule has 1 aliphatic heterocycles. The molecular formula is C21H28N2O3. The van der Waals surface area contributed by atoms with Gasteiger partial charge in [-0.3, -0.25) is 4.79 Å². The first-order valence-electron chi connectivity index (χ1n) is 9.39. The highest BCUT2D eigenvalue weighted by atomic mass is 16.5. The highest BCUT2D eigenvalue weighted by Gasteiger charge is 2.30. The lowest BCUT2D eigenvalue weighted by Gasteiger charge is -2.34. The number of rotatable bonds is 5. The fourth-order valence-corrected chi connectivity index (χ4v) is 3.50. The quantitative estimate of drug-likeness (QED) is 0.877. The van der Waals surface area contributed by atoms with E-state index in [9.17, 15) is 9.90 Å². The molecule has 3 rings (SSSR count). The Kier molecular flexibility index (Phi) is 5.47. The number of hydrogen-bond acceptors (Lipinski definition) is 4. The third-order valence-corrected chi connectivity index (χ3v) is 4.95. The van der Waals surface area contributed by atoms with Gasteiger partial charge in [0.15, 0.2) is 0 Å². The predicted molar refractivity (Wildman–Crippen MR) is 99.9 cm³/mol. The smallest absolute Gasteiger partial charge is 0.254 e. The molecule has 5 heteroatoms. The van der Waals surface area contributed by atoms with Gasteiger partial charge in [0.2, 0.25) is 0 Å². The maximum Gasteiger partial charge on any atom is 0.254 e. The van der Waals surface area contributed by atoms with Crippen LogP contribution in [0.2, 0.25) is 0 Å². The molecule has 0 aliphatic carbocycles. The van der Waals surface area contributed by atoms with Crippen molar-refractivity contribution >= 4 is 5.91 Å². The van der Waals surface area contributed by atoms with Crippen LogP contribution in [0.4, 0.5) is 0 Å². The Morgan fingerprint density at radius 3 is 2.85 bits per heavy atom. The number of carbonyl (C=O) groups is 1. The average Bonchev–Trinajstić information content (AvgIpc) is 3.05. The van der Waals surface area contributed by atoms with E-state index >= 15 is 0 Å². The lowest BCUT2D eigenvalue weighted by atomic mass is 9.96. The minimum atomic E-state index is -0.706. The van der Waals surface area contributed by atoms with Crippen molar-refractivity contribution in [2.24, 2.45) is 0 Å². The van der Waals surface area contributed by atoms with Gasteiger partial charge in [-0.15, -0.1) is 0 Å². The Morgan fingerprint density at radius 1 is 1.35 bits per heavy atom. The van der Waals surface area contributed by atoms with Crippen molar-refractivity contribution in [3.8, 4) is 0 Å². The molecule has 0 saturated carbocycles. The van der Waals surface area contributed by atoms with Gasteiger partial charge in [0.25, 0.3) is 5.91 Å². The van der Waals surface area contributed by atoms with E-state index in [4.69, 9.17) is 4.52 Å². The van der Waals surface area contributed by atoms with E-state index in [1.54, 1.807) is 13.8 Å². The van der Waals surface area contributed by atoms with Gasteiger partial charge in [-0.1, -0.05) is 17.3 Å². The summed E-state index contributed by atoms with van der Waals surface area (Å²) in [7, 11) is 0. The number of aryl methyl sites for hydroxylation is 2. The number of aliphatic hydroxyl groups is 1. The molecule has 1 amide bonds. The van der Waals surface area contributed by atoms with Gasteiger partial charge in [0.05, 0.1) is 11.6 Å². The Morgan fingerprint density at radius 2 is 2.15 bits per heavy atom. The first-order chi connectivity index (χ1) is 12.3. The van der Waals surface area contributed by atoms with Crippen molar-refractivity contribution in [2.75, 3.05) is 6.54 Å². The number of piperidine rings is 1. The van der Waals surface area contributed by atoms with Gasteiger partial charge < -0.3 is 14.5 Å². The van der Waals surface area contributed by atoms with Crippen LogP contribution in [-0.2, 0) is 6.42 Å². The molecule has 1 aromatic carbocycles. The number of carbonyl (C=O) groups excluding carboxylic acids is 1. The Bertz CT molecular complexity index is 761. The summed E-state index contributed by atoms with van der Waals surface area (Å²) in [6, 6.07) is 9.66. The number of amides is 1. The second-order valence-corrected chi connectivity index (χ2v) is 7.89. The molecule has 5 nitrogen and oxygen atoms in total. The normalized spacial score (nSPS) is 18.2. The van der Waals surface area contributed by atoms with Crippen LogP contribution < -0.4 is 0 Å². The highest BCUT2D eigenvalue weighted by Crippen LogP contribution is 2.32. The number of likely N-dealkylation sites (tertiary alicyclic amines) is 1. The van der Waals surface area contributed by atoms with E-state index in [2.05, 4.69) is 5.16 Å². The number of aromatic nitrogens is 1. The Hall–Kier alpha value is -2.14. The highest BCUT2D eigenvalue weighted by molar-refractivity contribution is 5.94. The molecular weight excluding hydrogens is 328 g/mol. The zero-order valence-electron chi connectivity index (χ0n) is 15.9. The maximum atomic E-state index is 13.2. The minimum absolute atomic E-state index is 0.0197. The van der Waals surface area contributed by atoms with Crippen LogP contribution in [0.5, 0.6) is 0 Å². The van der Waals surface area contributed by atoms with Crippen LogP contribution in [0.1, 0.15) is 72.9 Å². The fourth-order valence-electron chi connectivity index (χ4n) is 3.50. The second-order valence-electron chi connectivity index (χ2n) is 7.89. The summed E-state index contributed by atoms with van der Waals surface area (Å²) in [5, 5.41) is 14.1. The monoisotopic (exact) mass is 356 g/mol. The minimum Gasteiger partial charge on any atom is -0.390 e. The topological polar surface area (TPSA) is 66.6 Å². The van der Waals surface area contributed by atoms with Gasteiger partial charge in [-0.2, -0.15) is 0 Å². The molecule has 0 radical (unpaired) electrons. The molecule has 1 atom stereocenters. The molecule has 2 aromatic rings. The fraction of sp³-hybridized carbons (Fsp3) is 0.524. The van der Waals surface area contributed by atoms with Crippen LogP contribution in [0, 0.1) is 6.92 Å². The van der Waals surface area contributed by atoms with Gasteiger partial charge in [-0.05, 0) is 70.6 Å². The van der Waals surface area contributed by atoms with Gasteiger partial charge in [-0.25, -0.2) is 0 Å². The van der Waals surface area contributed by atoms with E-state index in [0.29, 0.717) is 12.0 Å². The van der Waals surface area contributed by atoms with Crippen LogP contribution >= 0.6 is 0 Å². The van der Waals surface area contributed by atoms with E-state index in [0.717, 1.165) is 49.2 Å². The van der Waals surface area contributed by atoms with Crippen LogP contribution in [0.25, 0.3) is 0 Å². The van der Waals surface area contributed by atoms with E-state index in [1.165, 1.54) is 0 Å². The van der Waals surface area contributed by atoms with Crippen molar-refractivity contribution in [3.05, 3.63) is 52.9 Å². The molecule has 1 saturated heterocycles. The largest absolute Gasteiger partial charge is 0.390 e. The summed E-state index contributed by atoms with van der Waals surface area (Å²) in [5.74, 6) is 0.812. The van der Waals surface area contributed by atoms with Gasteiger partial charge in [0, 0.05) is 18.2 Å². The third kappa shape index (κ3) is 4.52. The van der Waals surface area contributed by atoms with Crippen molar-refractivity contribution < 1.29 is 14.4 Å². The van der Waals surface area contributed by atoms with Crippen LogP contribution in [0.15, 0.2) is 34.9 Å². The first kappa shape index (κ1) is 18.6. The van der Waals surface area contributed by atoms with E-state index in [1.807, 2.05) is 42.2 Å². The number of benzene rings is 1. The lowest BCUT2D eigenvalue weighted by molar-refractivity contribution is 0.0602. The molecule has 2 heterocycles. The zero-order chi connectivity index (χ0) is 18.7. The van der Waals surface area contributed by atoms with Crippen LogP contribution in [0.3, 0.4) is 0 Å². The SMILES string of the molecule is Cc1cc(C2CCCCN2C(=O)c2cccc(CCC(C)(C)O)c2)no1. The molecule has 1 aliphatic rings. The molecule has 1 fully saturated rings. The van der Waals surface area contributed by atoms with Crippen molar-refractivity contribution in [1.82, 2.24) is 10.1 Å². The van der Waals surface area contributed by atoms with E-state index < -0.39 is 5.60 Å². The van der Waals surface area contributed by atoms with E-state index in [-0.39, 0.29) is 11.9 Å². The summed E-state index contributed by atoms with van der Waals surface area (Å²) < 4.78 is 5.22.